The van der Waals surface area contributed by atoms with Gasteiger partial charge < -0.3 is 10.0 Å². The first-order valence-corrected chi connectivity index (χ1v) is 9.60. The summed E-state index contributed by atoms with van der Waals surface area (Å²) in [5, 5.41) is 9.13. The van der Waals surface area contributed by atoms with Crippen LogP contribution in [0.4, 0.5) is 0 Å². The molecule has 0 radical (unpaired) electrons. The molecule has 3 heteroatoms. The van der Waals surface area contributed by atoms with Crippen LogP contribution in [0.1, 0.15) is 30.4 Å². The summed E-state index contributed by atoms with van der Waals surface area (Å²) in [6.07, 6.45) is 3.05. The summed E-state index contributed by atoms with van der Waals surface area (Å²) < 4.78 is 0. The van der Waals surface area contributed by atoms with E-state index in [0.717, 1.165) is 38.9 Å². The summed E-state index contributed by atoms with van der Waals surface area (Å²) in [7, 11) is 0. The minimum absolute atomic E-state index is 0.284. The molecule has 1 N–H and O–H groups in total. The molecule has 2 aromatic carbocycles. The Hall–Kier alpha value is -1.55. The van der Waals surface area contributed by atoms with Gasteiger partial charge in [0.2, 0.25) is 0 Å². The topological polar surface area (TPSA) is 23.5 Å². The van der Waals surface area contributed by atoms with Gasteiger partial charge in [0.25, 0.3) is 0 Å². The van der Waals surface area contributed by atoms with Gasteiger partial charge in [-0.05, 0) is 53.7 Å². The van der Waals surface area contributed by atoms with Crippen molar-refractivity contribution in [1.82, 2.24) is 4.90 Å². The van der Waals surface area contributed by atoms with Crippen molar-refractivity contribution in [1.29, 1.82) is 0 Å². The Morgan fingerprint density at radius 1 is 0.833 bits per heavy atom. The normalized spacial score (nSPS) is 17.5. The summed E-state index contributed by atoms with van der Waals surface area (Å²) in [4.78, 5) is 5.25. The Kier molecular flexibility index (Phi) is 4.74. The molecule has 2 aliphatic rings. The highest BCUT2D eigenvalue weighted by atomic mass is 32.2. The number of hydrogen-bond donors (Lipinski definition) is 1. The molecule has 4 rings (SSSR count). The second kappa shape index (κ2) is 7.14. The second-order valence-corrected chi connectivity index (χ2v) is 7.55. The molecule has 2 aliphatic heterocycles. The zero-order valence-corrected chi connectivity index (χ0v) is 14.7. The Morgan fingerprint density at radius 2 is 1.38 bits per heavy atom. The number of nitrogens with zero attached hydrogens (tertiary/aromatic N) is 1. The van der Waals surface area contributed by atoms with Gasteiger partial charge in [0.15, 0.2) is 0 Å². The van der Waals surface area contributed by atoms with E-state index in [1.807, 2.05) is 11.8 Å². The van der Waals surface area contributed by atoms with Crippen molar-refractivity contribution < 1.29 is 5.11 Å². The monoisotopic (exact) mass is 337 g/mol. The van der Waals surface area contributed by atoms with Gasteiger partial charge in [-0.3, -0.25) is 0 Å². The Morgan fingerprint density at radius 3 is 1.92 bits per heavy atom. The summed E-state index contributed by atoms with van der Waals surface area (Å²) in [6, 6.07) is 17.7. The van der Waals surface area contributed by atoms with Gasteiger partial charge in [-0.2, -0.15) is 0 Å². The van der Waals surface area contributed by atoms with E-state index in [1.165, 1.54) is 32.1 Å². The fourth-order valence-corrected chi connectivity index (χ4v) is 4.93. The molecule has 0 aliphatic carbocycles. The molecule has 124 valence electrons. The van der Waals surface area contributed by atoms with Crippen LogP contribution in [0.15, 0.2) is 58.3 Å². The first-order valence-electron chi connectivity index (χ1n) is 8.78. The quantitative estimate of drug-likeness (QED) is 0.889. The molecule has 24 heavy (non-hydrogen) atoms. The molecule has 0 atom stereocenters. The fourth-order valence-electron chi connectivity index (χ4n) is 3.79. The number of benzene rings is 2. The van der Waals surface area contributed by atoms with Crippen molar-refractivity contribution in [2.75, 3.05) is 26.2 Å². The zero-order chi connectivity index (χ0) is 16.4. The largest absolute Gasteiger partial charge is 0.396 e. The van der Waals surface area contributed by atoms with E-state index in [0.29, 0.717) is 0 Å². The van der Waals surface area contributed by atoms with E-state index in [4.69, 9.17) is 5.11 Å². The molecule has 2 nitrogen and oxygen atoms in total. The fraction of sp³-hybridized carbons (Fsp3) is 0.333. The predicted molar refractivity (Wildman–Crippen MR) is 101 cm³/mol. The third-order valence-electron chi connectivity index (χ3n) is 5.00. The number of fused-ring (bicyclic) bond motifs is 4. The molecule has 2 heterocycles. The molecular weight excluding hydrogens is 314 g/mol. The summed E-state index contributed by atoms with van der Waals surface area (Å²) in [5.41, 5.74) is 5.87. The molecule has 0 bridgehead atoms. The number of rotatable bonds is 3. The lowest BCUT2D eigenvalue weighted by atomic mass is 9.91. The van der Waals surface area contributed by atoms with Crippen molar-refractivity contribution in [3.63, 3.8) is 0 Å². The van der Waals surface area contributed by atoms with Crippen LogP contribution < -0.4 is 0 Å². The smallest absolute Gasteiger partial charge is 0.0443 e. The number of hydrogen-bond acceptors (Lipinski definition) is 3. The van der Waals surface area contributed by atoms with Crippen LogP contribution >= 0.6 is 11.8 Å². The highest BCUT2D eigenvalue weighted by Crippen LogP contribution is 2.46. The predicted octanol–water partition coefficient (Wildman–Crippen LogP) is 4.54. The minimum atomic E-state index is 0.284. The maximum Gasteiger partial charge on any atom is 0.0443 e. The van der Waals surface area contributed by atoms with Gasteiger partial charge in [-0.1, -0.05) is 48.2 Å². The van der Waals surface area contributed by atoms with Crippen LogP contribution in [0, 0.1) is 0 Å². The van der Waals surface area contributed by atoms with Crippen molar-refractivity contribution >= 4 is 22.9 Å². The number of aliphatic hydroxyl groups excluding tert-OH is 1. The van der Waals surface area contributed by atoms with Crippen molar-refractivity contribution in [3.8, 4) is 0 Å². The SMILES string of the molecule is OCCCN1CCC2=C(CC1)c1ccccc1Sc1ccccc12. The lowest BCUT2D eigenvalue weighted by molar-refractivity contribution is 0.231. The van der Waals surface area contributed by atoms with Gasteiger partial charge in [0, 0.05) is 36.0 Å². The highest BCUT2D eigenvalue weighted by Gasteiger charge is 2.24. The van der Waals surface area contributed by atoms with Crippen LogP contribution in [0.5, 0.6) is 0 Å². The lowest BCUT2D eigenvalue weighted by Crippen LogP contribution is -2.26. The summed E-state index contributed by atoms with van der Waals surface area (Å²) >= 11 is 1.90. The van der Waals surface area contributed by atoms with E-state index in [9.17, 15) is 0 Å². The zero-order valence-electron chi connectivity index (χ0n) is 13.9. The second-order valence-electron chi connectivity index (χ2n) is 6.47. The molecule has 0 unspecified atom stereocenters. The molecule has 0 saturated heterocycles. The average molecular weight is 337 g/mol. The van der Waals surface area contributed by atoms with Crippen LogP contribution in [-0.2, 0) is 0 Å². The maximum absolute atomic E-state index is 9.13. The molecule has 0 spiro atoms. The molecule has 0 amide bonds. The summed E-state index contributed by atoms with van der Waals surface area (Å²) in [6.45, 7) is 3.45. The van der Waals surface area contributed by atoms with Crippen LogP contribution in [0.2, 0.25) is 0 Å². The van der Waals surface area contributed by atoms with Crippen molar-refractivity contribution in [3.05, 3.63) is 59.7 Å². The third-order valence-corrected chi connectivity index (χ3v) is 6.15. The van der Waals surface area contributed by atoms with E-state index in [-0.39, 0.29) is 6.61 Å². The molecule has 0 fully saturated rings. The van der Waals surface area contributed by atoms with Crippen LogP contribution in [0.3, 0.4) is 0 Å². The Balaban J connectivity index is 1.77. The van der Waals surface area contributed by atoms with Crippen molar-refractivity contribution in [2.24, 2.45) is 0 Å². The van der Waals surface area contributed by atoms with Gasteiger partial charge >= 0.3 is 0 Å². The molecular formula is C21H23NOS. The van der Waals surface area contributed by atoms with E-state index in [1.54, 1.807) is 0 Å². The third kappa shape index (κ3) is 3.04. The molecule has 0 aromatic heterocycles. The first-order chi connectivity index (χ1) is 11.9. The number of aliphatic hydroxyl groups is 1. The van der Waals surface area contributed by atoms with Gasteiger partial charge in [0.1, 0.15) is 0 Å². The van der Waals surface area contributed by atoms with Crippen molar-refractivity contribution in [2.45, 2.75) is 29.1 Å². The lowest BCUT2D eigenvalue weighted by Gasteiger charge is -2.20. The highest BCUT2D eigenvalue weighted by molar-refractivity contribution is 7.99. The standard InChI is InChI=1S/C21H23NOS/c23-15-5-12-22-13-10-16-17(11-14-22)19-7-2-4-9-21(19)24-20-8-3-1-6-18(16)20/h1-4,6-9,23H,5,10-15H2. The minimum Gasteiger partial charge on any atom is -0.396 e. The van der Waals surface area contributed by atoms with Gasteiger partial charge in [0.05, 0.1) is 0 Å². The summed E-state index contributed by atoms with van der Waals surface area (Å²) in [5.74, 6) is 0. The average Bonchev–Trinajstić information content (AvgIpc) is 2.90. The van der Waals surface area contributed by atoms with Gasteiger partial charge in [-0.25, -0.2) is 0 Å². The Bertz CT molecular complexity index is 708. The van der Waals surface area contributed by atoms with E-state index in [2.05, 4.69) is 53.4 Å². The molecule has 0 saturated carbocycles. The maximum atomic E-state index is 9.13. The van der Waals surface area contributed by atoms with E-state index < -0.39 is 0 Å². The van der Waals surface area contributed by atoms with Crippen LogP contribution in [-0.4, -0.2) is 36.2 Å². The Labute approximate surface area is 148 Å². The first kappa shape index (κ1) is 15.9. The molecule has 2 aromatic rings. The van der Waals surface area contributed by atoms with E-state index >= 15 is 0 Å². The van der Waals surface area contributed by atoms with Crippen LogP contribution in [0.25, 0.3) is 11.1 Å². The van der Waals surface area contributed by atoms with Gasteiger partial charge in [-0.15, -0.1) is 0 Å².